The van der Waals surface area contributed by atoms with Crippen molar-refractivity contribution < 1.29 is 14.2 Å². The van der Waals surface area contributed by atoms with Gasteiger partial charge < -0.3 is 14.2 Å². The number of ether oxygens (including phenoxy) is 3. The van der Waals surface area contributed by atoms with Crippen LogP contribution in [-0.4, -0.2) is 29.3 Å². The summed E-state index contributed by atoms with van der Waals surface area (Å²) in [5.41, 5.74) is 1.30. The summed E-state index contributed by atoms with van der Waals surface area (Å²) in [6, 6.07) is 15.4. The molecule has 0 amide bonds. The van der Waals surface area contributed by atoms with Crippen LogP contribution in [0.3, 0.4) is 0 Å². The Hall–Kier alpha value is -2.86. The van der Waals surface area contributed by atoms with E-state index < -0.39 is 0 Å². The van der Waals surface area contributed by atoms with Crippen molar-refractivity contribution in [1.82, 2.24) is 9.97 Å². The van der Waals surface area contributed by atoms with E-state index in [0.717, 1.165) is 18.4 Å². The molecular formula is C20H20N2O4. The van der Waals surface area contributed by atoms with Gasteiger partial charge in [-0.15, -0.1) is 0 Å². The van der Waals surface area contributed by atoms with Gasteiger partial charge in [-0.2, -0.15) is 4.98 Å². The minimum atomic E-state index is -0.263. The molecule has 4 rings (SSSR count). The third-order valence-electron chi connectivity index (χ3n) is 4.35. The number of nitrogens with one attached hydrogen (secondary N) is 1. The first-order valence-corrected chi connectivity index (χ1v) is 8.74. The van der Waals surface area contributed by atoms with E-state index in [-0.39, 0.29) is 17.7 Å². The van der Waals surface area contributed by atoms with Crippen molar-refractivity contribution in [3.8, 4) is 11.8 Å². The third kappa shape index (κ3) is 3.70. The molecule has 0 radical (unpaired) electrons. The van der Waals surface area contributed by atoms with Crippen LogP contribution in [-0.2, 0) is 11.3 Å². The minimum absolute atomic E-state index is 0.0581. The van der Waals surface area contributed by atoms with Gasteiger partial charge in [-0.05, 0) is 17.7 Å². The van der Waals surface area contributed by atoms with Gasteiger partial charge in [0, 0.05) is 12.8 Å². The Morgan fingerprint density at radius 3 is 2.69 bits per heavy atom. The van der Waals surface area contributed by atoms with Crippen LogP contribution in [0.5, 0.6) is 11.8 Å². The molecule has 0 atom stereocenters. The van der Waals surface area contributed by atoms with Crippen LogP contribution in [0.25, 0.3) is 10.9 Å². The number of rotatable bonds is 5. The molecule has 0 bridgehead atoms. The molecule has 2 aromatic carbocycles. The Kier molecular flexibility index (Phi) is 4.84. The van der Waals surface area contributed by atoms with Crippen LogP contribution in [0, 0.1) is 0 Å². The Labute approximate surface area is 150 Å². The zero-order chi connectivity index (χ0) is 17.8. The molecule has 0 aliphatic carbocycles. The average molecular weight is 352 g/mol. The van der Waals surface area contributed by atoms with Gasteiger partial charge in [0.2, 0.25) is 0 Å². The topological polar surface area (TPSA) is 73.4 Å². The number of hydrogen-bond donors (Lipinski definition) is 1. The maximum absolute atomic E-state index is 12.6. The summed E-state index contributed by atoms with van der Waals surface area (Å²) in [7, 11) is 0. The highest BCUT2D eigenvalue weighted by Crippen LogP contribution is 2.25. The van der Waals surface area contributed by atoms with Gasteiger partial charge in [-0.25, -0.2) is 0 Å². The lowest BCUT2D eigenvalue weighted by Crippen LogP contribution is -2.26. The fourth-order valence-corrected chi connectivity index (χ4v) is 3.00. The van der Waals surface area contributed by atoms with Crippen LogP contribution in [0.4, 0.5) is 0 Å². The van der Waals surface area contributed by atoms with Crippen molar-refractivity contribution in [3.05, 3.63) is 64.4 Å². The Bertz CT molecular complexity index is 933. The van der Waals surface area contributed by atoms with Crippen LogP contribution in [0.1, 0.15) is 18.4 Å². The molecule has 1 saturated heterocycles. The molecule has 2 heterocycles. The van der Waals surface area contributed by atoms with E-state index in [1.54, 1.807) is 12.1 Å². The molecule has 1 N–H and O–H groups in total. The lowest BCUT2D eigenvalue weighted by Gasteiger charge is -2.23. The molecule has 6 heteroatoms. The highest BCUT2D eigenvalue weighted by Gasteiger charge is 2.18. The van der Waals surface area contributed by atoms with Crippen molar-refractivity contribution in [1.29, 1.82) is 0 Å². The summed E-state index contributed by atoms with van der Waals surface area (Å²) in [6.07, 6.45) is 1.70. The van der Waals surface area contributed by atoms with Crippen molar-refractivity contribution in [2.75, 3.05) is 13.2 Å². The molecule has 3 aromatic rings. The van der Waals surface area contributed by atoms with E-state index in [1.165, 1.54) is 0 Å². The maximum Gasteiger partial charge on any atom is 0.297 e. The SMILES string of the molecule is O=c1[nH]c(OCc2ccccc2)nc2cccc(OC3CCOCC3)c12. The average Bonchev–Trinajstić information content (AvgIpc) is 2.68. The fraction of sp³-hybridized carbons (Fsp3) is 0.300. The van der Waals surface area contributed by atoms with Gasteiger partial charge in [-0.3, -0.25) is 9.78 Å². The van der Waals surface area contributed by atoms with Gasteiger partial charge in [0.15, 0.2) is 0 Å². The Balaban J connectivity index is 1.58. The van der Waals surface area contributed by atoms with E-state index in [4.69, 9.17) is 14.2 Å². The van der Waals surface area contributed by atoms with Crippen molar-refractivity contribution >= 4 is 10.9 Å². The zero-order valence-corrected chi connectivity index (χ0v) is 14.3. The molecular weight excluding hydrogens is 332 g/mol. The molecule has 0 spiro atoms. The van der Waals surface area contributed by atoms with Gasteiger partial charge >= 0.3 is 0 Å². The smallest absolute Gasteiger partial charge is 0.297 e. The molecule has 6 nitrogen and oxygen atoms in total. The van der Waals surface area contributed by atoms with Crippen LogP contribution in [0.2, 0.25) is 0 Å². The van der Waals surface area contributed by atoms with Gasteiger partial charge in [0.1, 0.15) is 23.8 Å². The van der Waals surface area contributed by atoms with Gasteiger partial charge in [0.05, 0.1) is 18.7 Å². The summed E-state index contributed by atoms with van der Waals surface area (Å²) in [6.45, 7) is 1.70. The largest absolute Gasteiger partial charge is 0.489 e. The van der Waals surface area contributed by atoms with E-state index in [0.29, 0.717) is 36.5 Å². The predicted octanol–water partition coefficient (Wildman–Crippen LogP) is 3.06. The Morgan fingerprint density at radius 2 is 1.88 bits per heavy atom. The zero-order valence-electron chi connectivity index (χ0n) is 14.3. The Morgan fingerprint density at radius 1 is 1.08 bits per heavy atom. The molecule has 1 aliphatic heterocycles. The minimum Gasteiger partial charge on any atom is -0.489 e. The molecule has 134 valence electrons. The summed E-state index contributed by atoms with van der Waals surface area (Å²) >= 11 is 0. The van der Waals surface area contributed by atoms with Crippen LogP contribution in [0.15, 0.2) is 53.3 Å². The van der Waals surface area contributed by atoms with E-state index in [9.17, 15) is 4.79 Å². The predicted molar refractivity (Wildman–Crippen MR) is 97.6 cm³/mol. The second-order valence-electron chi connectivity index (χ2n) is 6.23. The monoisotopic (exact) mass is 352 g/mol. The molecule has 1 fully saturated rings. The first kappa shape index (κ1) is 16.6. The van der Waals surface area contributed by atoms with E-state index in [2.05, 4.69) is 9.97 Å². The number of fused-ring (bicyclic) bond motifs is 1. The quantitative estimate of drug-likeness (QED) is 0.764. The van der Waals surface area contributed by atoms with Gasteiger partial charge in [0.25, 0.3) is 11.6 Å². The highest BCUT2D eigenvalue weighted by molar-refractivity contribution is 5.84. The molecule has 1 aromatic heterocycles. The third-order valence-corrected chi connectivity index (χ3v) is 4.35. The second-order valence-corrected chi connectivity index (χ2v) is 6.23. The number of hydrogen-bond acceptors (Lipinski definition) is 5. The van der Waals surface area contributed by atoms with E-state index >= 15 is 0 Å². The first-order chi connectivity index (χ1) is 12.8. The standard InChI is InChI=1S/C20H20N2O4/c23-19-18-16(7-4-8-17(18)26-15-9-11-24-12-10-15)21-20(22-19)25-13-14-5-2-1-3-6-14/h1-8,15H,9-13H2,(H,21,22,23). The molecule has 26 heavy (non-hydrogen) atoms. The summed E-state index contributed by atoms with van der Waals surface area (Å²) in [4.78, 5) is 19.7. The normalized spacial score (nSPS) is 15.1. The van der Waals surface area contributed by atoms with Crippen molar-refractivity contribution in [3.63, 3.8) is 0 Å². The number of aromatic nitrogens is 2. The summed E-state index contributed by atoms with van der Waals surface area (Å²) in [5.74, 6) is 0.553. The fourth-order valence-electron chi connectivity index (χ4n) is 3.00. The summed E-state index contributed by atoms with van der Waals surface area (Å²) in [5, 5.41) is 0.450. The van der Waals surface area contributed by atoms with Crippen molar-refractivity contribution in [2.24, 2.45) is 0 Å². The van der Waals surface area contributed by atoms with Crippen LogP contribution < -0.4 is 15.0 Å². The molecule has 0 saturated carbocycles. The molecule has 1 aliphatic rings. The first-order valence-electron chi connectivity index (χ1n) is 8.74. The lowest BCUT2D eigenvalue weighted by atomic mass is 10.1. The maximum atomic E-state index is 12.6. The number of nitrogens with zero attached hydrogens (tertiary/aromatic N) is 1. The number of aromatic amines is 1. The number of benzene rings is 2. The van der Waals surface area contributed by atoms with E-state index in [1.807, 2.05) is 36.4 Å². The van der Waals surface area contributed by atoms with Gasteiger partial charge in [-0.1, -0.05) is 36.4 Å². The highest BCUT2D eigenvalue weighted by atomic mass is 16.5. The van der Waals surface area contributed by atoms with Crippen molar-refractivity contribution in [2.45, 2.75) is 25.6 Å². The second kappa shape index (κ2) is 7.58. The molecule has 0 unspecified atom stereocenters. The number of H-pyrrole nitrogens is 1. The lowest BCUT2D eigenvalue weighted by molar-refractivity contribution is 0.0261. The van der Waals surface area contributed by atoms with Crippen LogP contribution >= 0.6 is 0 Å². The summed E-state index contributed by atoms with van der Waals surface area (Å²) < 4.78 is 17.0.